The summed E-state index contributed by atoms with van der Waals surface area (Å²) in [5.41, 5.74) is 3.79. The number of benzene rings is 3. The van der Waals surface area contributed by atoms with Crippen LogP contribution in [0.2, 0.25) is 0 Å². The molecule has 2 amide bonds. The molecule has 5 aromatic rings. The molecule has 6 rings (SSSR count). The maximum atomic E-state index is 13.4. The van der Waals surface area contributed by atoms with Crippen LogP contribution in [0, 0.1) is 0 Å². The summed E-state index contributed by atoms with van der Waals surface area (Å²) in [7, 11) is 1.59. The number of fused-ring (bicyclic) bond motifs is 1. The van der Waals surface area contributed by atoms with Crippen LogP contribution in [0.4, 0.5) is 5.69 Å². The van der Waals surface area contributed by atoms with E-state index in [1.54, 1.807) is 55.6 Å². The fourth-order valence-corrected chi connectivity index (χ4v) is 5.04. The van der Waals surface area contributed by atoms with Crippen LogP contribution in [-0.4, -0.2) is 30.4 Å². The van der Waals surface area contributed by atoms with Gasteiger partial charge in [0, 0.05) is 12.2 Å². The molecule has 1 N–H and O–H groups in total. The summed E-state index contributed by atoms with van der Waals surface area (Å²) in [6.07, 6.45) is 2.23. The molecule has 0 saturated carbocycles. The number of rotatable bonds is 8. The zero-order valence-corrected chi connectivity index (χ0v) is 22.4. The third kappa shape index (κ3) is 5.58. The number of ether oxygens (including phenoxy) is 2. The Morgan fingerprint density at radius 2 is 1.71 bits per heavy atom. The van der Waals surface area contributed by atoms with Gasteiger partial charge in [-0.2, -0.15) is 0 Å². The molecular formula is C33H28N2O6. The Morgan fingerprint density at radius 1 is 0.902 bits per heavy atom. The molecule has 0 saturated heterocycles. The van der Waals surface area contributed by atoms with Gasteiger partial charge in [-0.05, 0) is 83.8 Å². The van der Waals surface area contributed by atoms with Crippen LogP contribution in [0.1, 0.15) is 49.6 Å². The van der Waals surface area contributed by atoms with Crippen molar-refractivity contribution < 1.29 is 27.9 Å². The Labute approximate surface area is 237 Å². The van der Waals surface area contributed by atoms with Crippen molar-refractivity contribution in [3.63, 3.8) is 0 Å². The molecule has 206 valence electrons. The number of methoxy groups -OCH3 is 1. The lowest BCUT2D eigenvalue weighted by molar-refractivity contribution is 0.0661. The molecule has 0 aliphatic carbocycles. The molecular weight excluding hydrogens is 520 g/mol. The summed E-state index contributed by atoms with van der Waals surface area (Å²) in [6, 6.07) is 29.4. The Kier molecular flexibility index (Phi) is 7.28. The van der Waals surface area contributed by atoms with Crippen LogP contribution in [0.5, 0.6) is 11.5 Å². The number of furan rings is 2. The number of anilines is 1. The number of nitrogens with zero attached hydrogens (tertiary/aromatic N) is 1. The molecule has 8 heteroatoms. The maximum Gasteiger partial charge on any atom is 0.291 e. The average Bonchev–Trinajstić information content (AvgIpc) is 3.73. The molecule has 2 aromatic heterocycles. The van der Waals surface area contributed by atoms with Gasteiger partial charge < -0.3 is 28.5 Å². The van der Waals surface area contributed by atoms with Crippen LogP contribution >= 0.6 is 0 Å². The van der Waals surface area contributed by atoms with Gasteiger partial charge in [-0.15, -0.1) is 0 Å². The van der Waals surface area contributed by atoms with Crippen molar-refractivity contribution >= 4 is 17.5 Å². The lowest BCUT2D eigenvalue weighted by atomic mass is 9.87. The van der Waals surface area contributed by atoms with E-state index in [2.05, 4.69) is 5.32 Å². The van der Waals surface area contributed by atoms with Crippen LogP contribution < -0.4 is 14.8 Å². The second-order valence-electron chi connectivity index (χ2n) is 9.64. The third-order valence-corrected chi connectivity index (χ3v) is 7.07. The molecule has 41 heavy (non-hydrogen) atoms. The van der Waals surface area contributed by atoms with Gasteiger partial charge in [0.1, 0.15) is 23.9 Å². The summed E-state index contributed by atoms with van der Waals surface area (Å²) in [4.78, 5) is 27.9. The third-order valence-electron chi connectivity index (χ3n) is 7.07. The SMILES string of the molecule is COc1ccc(NC(=O)c2ccc(COc3ccc4c(c3)C(c3ccccc3)N(C(=O)c3ccco3)CC4)o2)cc1. The van der Waals surface area contributed by atoms with E-state index in [1.165, 1.54) is 6.26 Å². The molecule has 1 aliphatic heterocycles. The lowest BCUT2D eigenvalue weighted by Crippen LogP contribution is -2.40. The smallest absolute Gasteiger partial charge is 0.291 e. The highest BCUT2D eigenvalue weighted by molar-refractivity contribution is 6.02. The predicted molar refractivity (Wildman–Crippen MR) is 152 cm³/mol. The number of carbonyl (C=O) groups excluding carboxylic acids is 2. The first kappa shape index (κ1) is 26.0. The number of carbonyl (C=O) groups is 2. The monoisotopic (exact) mass is 548 g/mol. The highest BCUT2D eigenvalue weighted by Crippen LogP contribution is 2.38. The Balaban J connectivity index is 1.18. The average molecular weight is 549 g/mol. The predicted octanol–water partition coefficient (Wildman–Crippen LogP) is 6.50. The van der Waals surface area contributed by atoms with Gasteiger partial charge in [-0.1, -0.05) is 36.4 Å². The van der Waals surface area contributed by atoms with Crippen LogP contribution in [0.25, 0.3) is 0 Å². The minimum atomic E-state index is -0.359. The molecule has 1 atom stereocenters. The first-order chi connectivity index (χ1) is 20.1. The molecule has 0 radical (unpaired) electrons. The quantitative estimate of drug-likeness (QED) is 0.238. The van der Waals surface area contributed by atoms with Crippen LogP contribution in [0.3, 0.4) is 0 Å². The summed E-state index contributed by atoms with van der Waals surface area (Å²) in [5, 5.41) is 2.81. The number of nitrogens with one attached hydrogen (secondary N) is 1. The summed E-state index contributed by atoms with van der Waals surface area (Å²) >= 11 is 0. The van der Waals surface area contributed by atoms with E-state index in [1.807, 2.05) is 53.4 Å². The van der Waals surface area contributed by atoms with E-state index in [4.69, 9.17) is 18.3 Å². The van der Waals surface area contributed by atoms with Crippen molar-refractivity contribution in [1.82, 2.24) is 4.90 Å². The fraction of sp³-hybridized carbons (Fsp3) is 0.152. The van der Waals surface area contributed by atoms with Crippen molar-refractivity contribution in [1.29, 1.82) is 0 Å². The topological polar surface area (TPSA) is 94.2 Å². The number of hydrogen-bond acceptors (Lipinski definition) is 6. The molecule has 3 heterocycles. The van der Waals surface area contributed by atoms with Gasteiger partial charge in [0.05, 0.1) is 19.4 Å². The summed E-state index contributed by atoms with van der Waals surface area (Å²) in [6.45, 7) is 0.708. The minimum Gasteiger partial charge on any atom is -0.497 e. The van der Waals surface area contributed by atoms with E-state index in [-0.39, 0.29) is 30.2 Å². The van der Waals surface area contributed by atoms with E-state index in [0.29, 0.717) is 35.3 Å². The highest BCUT2D eigenvalue weighted by Gasteiger charge is 2.34. The molecule has 0 spiro atoms. The van der Waals surface area contributed by atoms with Crippen LogP contribution in [-0.2, 0) is 13.0 Å². The largest absolute Gasteiger partial charge is 0.497 e. The van der Waals surface area contributed by atoms with E-state index in [9.17, 15) is 9.59 Å². The number of amides is 2. The first-order valence-electron chi connectivity index (χ1n) is 13.3. The highest BCUT2D eigenvalue weighted by atomic mass is 16.5. The van der Waals surface area contributed by atoms with Crippen molar-refractivity contribution in [2.75, 3.05) is 19.0 Å². The molecule has 0 fully saturated rings. The first-order valence-corrected chi connectivity index (χ1v) is 13.3. The lowest BCUT2D eigenvalue weighted by Gasteiger charge is -2.37. The van der Waals surface area contributed by atoms with Gasteiger partial charge in [0.2, 0.25) is 0 Å². The van der Waals surface area contributed by atoms with E-state index >= 15 is 0 Å². The molecule has 3 aromatic carbocycles. The fourth-order valence-electron chi connectivity index (χ4n) is 5.04. The summed E-state index contributed by atoms with van der Waals surface area (Å²) < 4.78 is 22.4. The van der Waals surface area contributed by atoms with Crippen LogP contribution in [0.15, 0.2) is 112 Å². The van der Waals surface area contributed by atoms with Crippen molar-refractivity contribution in [2.45, 2.75) is 19.1 Å². The molecule has 1 unspecified atom stereocenters. The van der Waals surface area contributed by atoms with Gasteiger partial charge in [-0.25, -0.2) is 0 Å². The van der Waals surface area contributed by atoms with Gasteiger partial charge >= 0.3 is 0 Å². The Hall–Kier alpha value is -5.24. The van der Waals surface area contributed by atoms with Gasteiger partial charge in [-0.3, -0.25) is 9.59 Å². The zero-order chi connectivity index (χ0) is 28.2. The molecule has 1 aliphatic rings. The minimum absolute atomic E-state index is 0.139. The Bertz CT molecular complexity index is 1640. The molecule has 0 bridgehead atoms. The Morgan fingerprint density at radius 3 is 2.46 bits per heavy atom. The second kappa shape index (κ2) is 11.5. The van der Waals surface area contributed by atoms with Crippen molar-refractivity contribution in [3.8, 4) is 11.5 Å². The standard InChI is InChI=1S/C33H28N2O6/c1-38-25-13-10-24(11-14-25)34-32(36)29-16-15-27(41-29)21-40-26-12-9-22-17-18-35(33(37)30-8-5-19-39-30)31(28(22)20-26)23-6-3-2-4-7-23/h2-16,19-20,31H,17-18,21H2,1H3,(H,34,36). The maximum absolute atomic E-state index is 13.4. The summed E-state index contributed by atoms with van der Waals surface area (Å²) in [5.74, 6) is 1.83. The second-order valence-corrected chi connectivity index (χ2v) is 9.64. The zero-order valence-electron chi connectivity index (χ0n) is 22.4. The molecule has 8 nitrogen and oxygen atoms in total. The van der Waals surface area contributed by atoms with E-state index < -0.39 is 0 Å². The number of hydrogen-bond donors (Lipinski definition) is 1. The van der Waals surface area contributed by atoms with E-state index in [0.717, 1.165) is 23.1 Å². The normalized spacial score (nSPS) is 14.3. The van der Waals surface area contributed by atoms with Gasteiger partial charge in [0.15, 0.2) is 11.5 Å². The van der Waals surface area contributed by atoms with Crippen molar-refractivity contribution in [2.24, 2.45) is 0 Å². The van der Waals surface area contributed by atoms with Gasteiger partial charge in [0.25, 0.3) is 11.8 Å². The van der Waals surface area contributed by atoms with Crippen molar-refractivity contribution in [3.05, 3.63) is 137 Å².